The molecule has 0 spiro atoms. The summed E-state index contributed by atoms with van der Waals surface area (Å²) in [6, 6.07) is 0.798. The summed E-state index contributed by atoms with van der Waals surface area (Å²) < 4.78 is 38.3. The van der Waals surface area contributed by atoms with Crippen LogP contribution in [0.15, 0.2) is 17.1 Å². The molecule has 0 aromatic carbocycles. The summed E-state index contributed by atoms with van der Waals surface area (Å²) in [5.41, 5.74) is 4.13. The van der Waals surface area contributed by atoms with Crippen molar-refractivity contribution < 1.29 is 17.9 Å². The molecule has 0 amide bonds. The molecule has 3 N–H and O–H groups in total. The number of nitrogen functional groups attached to an aromatic ring is 1. The smallest absolute Gasteiger partial charge is 0.400 e. The molecule has 0 aliphatic heterocycles. The van der Waals surface area contributed by atoms with Gasteiger partial charge in [0.2, 0.25) is 0 Å². The molecule has 0 aliphatic rings. The monoisotopic (exact) mass is 194 g/mol. The highest BCUT2D eigenvalue weighted by Crippen LogP contribution is 2.20. The maximum Gasteiger partial charge on any atom is 0.573 e. The van der Waals surface area contributed by atoms with Crippen LogP contribution in [0.1, 0.15) is 0 Å². The summed E-state index contributed by atoms with van der Waals surface area (Å²) in [5, 5.41) is 0. The number of pyridine rings is 1. The zero-order chi connectivity index (χ0) is 10.1. The topological polar surface area (TPSA) is 68.1 Å². The number of hydrogen-bond donors (Lipinski definition) is 2. The van der Waals surface area contributed by atoms with Gasteiger partial charge in [-0.3, -0.25) is 4.79 Å². The minimum atomic E-state index is -4.89. The summed E-state index contributed by atoms with van der Waals surface area (Å²) >= 11 is 0. The van der Waals surface area contributed by atoms with Crippen molar-refractivity contribution in [2.75, 3.05) is 5.73 Å². The lowest BCUT2D eigenvalue weighted by Crippen LogP contribution is -2.22. The standard InChI is InChI=1S/C6H5F3N2O2/c7-6(8,9)13-4-1-3(10)2-11-5(4)12/h1-2H,10H2,(H,11,12). The van der Waals surface area contributed by atoms with Gasteiger partial charge in [-0.1, -0.05) is 0 Å². The van der Waals surface area contributed by atoms with E-state index in [4.69, 9.17) is 5.73 Å². The molecule has 0 saturated heterocycles. The molecular formula is C6H5F3N2O2. The fraction of sp³-hybridized carbons (Fsp3) is 0.167. The Morgan fingerprint density at radius 3 is 2.62 bits per heavy atom. The number of aromatic amines is 1. The molecule has 0 saturated carbocycles. The first kappa shape index (κ1) is 9.43. The van der Waals surface area contributed by atoms with Crippen LogP contribution in [0.3, 0.4) is 0 Å². The summed E-state index contributed by atoms with van der Waals surface area (Å²) in [6.07, 6.45) is -3.81. The van der Waals surface area contributed by atoms with Gasteiger partial charge in [-0.15, -0.1) is 13.2 Å². The van der Waals surface area contributed by atoms with Crippen molar-refractivity contribution >= 4 is 5.69 Å². The van der Waals surface area contributed by atoms with Crippen LogP contribution in [-0.2, 0) is 0 Å². The lowest BCUT2D eigenvalue weighted by Gasteiger charge is -2.07. The van der Waals surface area contributed by atoms with Crippen molar-refractivity contribution in [2.24, 2.45) is 0 Å². The summed E-state index contributed by atoms with van der Waals surface area (Å²) in [7, 11) is 0. The number of rotatable bonds is 1. The molecule has 1 aromatic rings. The molecule has 0 atom stereocenters. The van der Waals surface area contributed by atoms with Crippen LogP contribution in [0.4, 0.5) is 18.9 Å². The highest BCUT2D eigenvalue weighted by molar-refractivity contribution is 5.39. The number of hydrogen-bond acceptors (Lipinski definition) is 3. The zero-order valence-electron chi connectivity index (χ0n) is 6.18. The molecule has 0 bridgehead atoms. The number of anilines is 1. The Balaban J connectivity index is 3.01. The van der Waals surface area contributed by atoms with E-state index >= 15 is 0 Å². The van der Waals surface area contributed by atoms with Gasteiger partial charge in [-0.25, -0.2) is 0 Å². The molecule has 7 heteroatoms. The quantitative estimate of drug-likeness (QED) is 0.696. The Kier molecular flexibility index (Phi) is 2.18. The summed E-state index contributed by atoms with van der Waals surface area (Å²) in [5.74, 6) is -0.868. The molecule has 1 aromatic heterocycles. The van der Waals surface area contributed by atoms with Crippen molar-refractivity contribution in [3.05, 3.63) is 22.6 Å². The zero-order valence-corrected chi connectivity index (χ0v) is 6.18. The Morgan fingerprint density at radius 2 is 2.08 bits per heavy atom. The van der Waals surface area contributed by atoms with Gasteiger partial charge >= 0.3 is 6.36 Å². The van der Waals surface area contributed by atoms with Crippen molar-refractivity contribution in [3.63, 3.8) is 0 Å². The lowest BCUT2D eigenvalue weighted by atomic mass is 10.4. The van der Waals surface area contributed by atoms with Gasteiger partial charge in [0.1, 0.15) is 0 Å². The van der Waals surface area contributed by atoms with Gasteiger partial charge in [0.25, 0.3) is 5.56 Å². The van der Waals surface area contributed by atoms with E-state index in [2.05, 4.69) is 4.74 Å². The van der Waals surface area contributed by atoms with Gasteiger partial charge < -0.3 is 15.5 Å². The Labute approximate surface area is 70.1 Å². The second-order valence-corrected chi connectivity index (χ2v) is 2.17. The van der Waals surface area contributed by atoms with Crippen molar-refractivity contribution in [1.29, 1.82) is 0 Å². The third-order valence-corrected chi connectivity index (χ3v) is 1.12. The number of nitrogens with two attached hydrogens (primary N) is 1. The maximum atomic E-state index is 11.6. The van der Waals surface area contributed by atoms with Crippen LogP contribution in [0, 0.1) is 0 Å². The van der Waals surface area contributed by atoms with Gasteiger partial charge in [-0.2, -0.15) is 0 Å². The molecule has 0 unspecified atom stereocenters. The van der Waals surface area contributed by atoms with Crippen LogP contribution in [0.25, 0.3) is 0 Å². The van der Waals surface area contributed by atoms with Gasteiger partial charge in [0.15, 0.2) is 5.75 Å². The van der Waals surface area contributed by atoms with E-state index in [1.165, 1.54) is 0 Å². The first-order valence-electron chi connectivity index (χ1n) is 3.12. The molecule has 72 valence electrons. The number of H-pyrrole nitrogens is 1. The number of alkyl halides is 3. The van der Waals surface area contributed by atoms with E-state index in [1.807, 2.05) is 4.98 Å². The minimum Gasteiger partial charge on any atom is -0.400 e. The first-order chi connectivity index (χ1) is 5.88. The van der Waals surface area contributed by atoms with Crippen molar-refractivity contribution in [2.45, 2.75) is 6.36 Å². The van der Waals surface area contributed by atoms with Crippen LogP contribution in [0.2, 0.25) is 0 Å². The molecule has 13 heavy (non-hydrogen) atoms. The normalized spacial score (nSPS) is 11.3. The largest absolute Gasteiger partial charge is 0.573 e. The number of nitrogens with one attached hydrogen (secondary N) is 1. The Morgan fingerprint density at radius 1 is 1.46 bits per heavy atom. The molecule has 0 fully saturated rings. The van der Waals surface area contributed by atoms with Gasteiger partial charge in [0, 0.05) is 12.3 Å². The molecule has 1 rings (SSSR count). The SMILES string of the molecule is Nc1c[nH]c(=O)c(OC(F)(F)F)c1. The van der Waals surface area contributed by atoms with E-state index in [0.717, 1.165) is 12.3 Å². The lowest BCUT2D eigenvalue weighted by molar-refractivity contribution is -0.275. The van der Waals surface area contributed by atoms with Crippen molar-refractivity contribution in [1.82, 2.24) is 4.98 Å². The van der Waals surface area contributed by atoms with E-state index in [1.54, 1.807) is 0 Å². The summed E-state index contributed by atoms with van der Waals surface area (Å²) in [6.45, 7) is 0. The number of ether oxygens (including phenoxy) is 1. The molecular weight excluding hydrogens is 189 g/mol. The highest BCUT2D eigenvalue weighted by Gasteiger charge is 2.32. The number of halogens is 3. The minimum absolute atomic E-state index is 0.0150. The molecule has 0 aliphatic carbocycles. The fourth-order valence-electron chi connectivity index (χ4n) is 0.679. The predicted molar refractivity (Wildman–Crippen MR) is 38.2 cm³/mol. The van der Waals surface area contributed by atoms with Crippen LogP contribution in [-0.4, -0.2) is 11.3 Å². The molecule has 1 heterocycles. The Hall–Kier alpha value is -1.66. The van der Waals surface area contributed by atoms with Gasteiger partial charge in [0.05, 0.1) is 5.69 Å². The molecule has 4 nitrogen and oxygen atoms in total. The summed E-state index contributed by atoms with van der Waals surface area (Å²) in [4.78, 5) is 12.7. The Bertz CT molecular complexity index is 358. The van der Waals surface area contributed by atoms with Crippen molar-refractivity contribution in [3.8, 4) is 5.75 Å². The predicted octanol–water partition coefficient (Wildman–Crippen LogP) is 0.856. The average molecular weight is 194 g/mol. The second-order valence-electron chi connectivity index (χ2n) is 2.17. The highest BCUT2D eigenvalue weighted by atomic mass is 19.4. The molecule has 0 radical (unpaired) electrons. The number of aromatic nitrogens is 1. The second kappa shape index (κ2) is 3.00. The van der Waals surface area contributed by atoms with Crippen LogP contribution in [0.5, 0.6) is 5.75 Å². The van der Waals surface area contributed by atoms with Crippen LogP contribution < -0.4 is 16.0 Å². The third-order valence-electron chi connectivity index (χ3n) is 1.12. The van der Waals surface area contributed by atoms with Crippen LogP contribution >= 0.6 is 0 Å². The van der Waals surface area contributed by atoms with E-state index in [-0.39, 0.29) is 5.69 Å². The van der Waals surface area contributed by atoms with Gasteiger partial charge in [-0.05, 0) is 0 Å². The first-order valence-corrected chi connectivity index (χ1v) is 3.12. The average Bonchev–Trinajstić information content (AvgIpc) is 1.94. The maximum absolute atomic E-state index is 11.6. The third kappa shape index (κ3) is 2.69. The fourth-order valence-corrected chi connectivity index (χ4v) is 0.679. The van der Waals surface area contributed by atoms with E-state index < -0.39 is 17.7 Å². The van der Waals surface area contributed by atoms with E-state index in [0.29, 0.717) is 0 Å². The van der Waals surface area contributed by atoms with E-state index in [9.17, 15) is 18.0 Å².